The van der Waals surface area contributed by atoms with E-state index in [-0.39, 0.29) is 0 Å². The van der Waals surface area contributed by atoms with Gasteiger partial charge in [-0.1, -0.05) is 0 Å². The van der Waals surface area contributed by atoms with Crippen LogP contribution in [0.4, 0.5) is 0 Å². The van der Waals surface area contributed by atoms with Gasteiger partial charge in [0.05, 0.1) is 0 Å². The molecular formula is C9H8NO2S. The Bertz CT molecular complexity index is 314. The third-order valence-electron chi connectivity index (χ3n) is 1.90. The predicted octanol–water partition coefficient (Wildman–Crippen LogP) is 0.735. The predicted molar refractivity (Wildman–Crippen MR) is 49.7 cm³/mol. The molecule has 0 atom stereocenters. The van der Waals surface area contributed by atoms with Crippen molar-refractivity contribution < 1.29 is 9.59 Å². The molecule has 0 aromatic carbocycles. The zero-order valence-electron chi connectivity index (χ0n) is 6.95. The van der Waals surface area contributed by atoms with E-state index in [2.05, 4.69) is 6.08 Å². The number of carbonyl (C=O) groups is 2. The second-order valence-electron chi connectivity index (χ2n) is 2.81. The number of allylic oxidation sites excluding steroid dienone is 4. The summed E-state index contributed by atoms with van der Waals surface area (Å²) >= 11 is 1.58. The largest absolute Gasteiger partial charge is 0.312 e. The number of ketones is 2. The lowest BCUT2D eigenvalue weighted by Crippen LogP contribution is -2.26. The molecule has 3 nitrogen and oxygen atoms in total. The number of rotatable bonds is 1. The van der Waals surface area contributed by atoms with Crippen molar-refractivity contribution in [3.63, 3.8) is 0 Å². The summed E-state index contributed by atoms with van der Waals surface area (Å²) in [5.41, 5.74) is 0.412. The van der Waals surface area contributed by atoms with Gasteiger partial charge < -0.3 is 4.31 Å². The van der Waals surface area contributed by atoms with E-state index in [4.69, 9.17) is 0 Å². The molecule has 0 N–H and O–H groups in total. The Balaban J connectivity index is 2.21. The van der Waals surface area contributed by atoms with Gasteiger partial charge in [0, 0.05) is 18.4 Å². The van der Waals surface area contributed by atoms with Gasteiger partial charge in [-0.25, -0.2) is 0 Å². The second-order valence-corrected chi connectivity index (χ2v) is 3.92. The molecular weight excluding hydrogens is 186 g/mol. The summed E-state index contributed by atoms with van der Waals surface area (Å²) in [6.45, 7) is 0.833. The molecule has 1 heterocycles. The molecule has 0 spiro atoms. The zero-order chi connectivity index (χ0) is 9.26. The van der Waals surface area contributed by atoms with Gasteiger partial charge in [-0.05, 0) is 30.5 Å². The zero-order valence-corrected chi connectivity index (χ0v) is 7.76. The van der Waals surface area contributed by atoms with E-state index in [1.807, 2.05) is 4.31 Å². The fourth-order valence-electron chi connectivity index (χ4n) is 1.26. The van der Waals surface area contributed by atoms with Gasteiger partial charge in [-0.2, -0.15) is 0 Å². The standard InChI is InChI=1S/C9H8NO2S/c11-8-4-1-3-7(9(8)12)10-5-2-6-13-10/h1,4H,2,5-6H2. The number of nitrogens with zero attached hydrogens (tertiary/aromatic N) is 1. The first-order chi connectivity index (χ1) is 6.29. The van der Waals surface area contributed by atoms with Gasteiger partial charge in [0.15, 0.2) is 0 Å². The lowest BCUT2D eigenvalue weighted by atomic mass is 10.1. The first kappa shape index (κ1) is 8.56. The average Bonchev–Trinajstić information content (AvgIpc) is 2.62. The molecule has 0 saturated carbocycles. The lowest BCUT2D eigenvalue weighted by Gasteiger charge is -2.18. The van der Waals surface area contributed by atoms with Crippen molar-refractivity contribution >= 4 is 23.5 Å². The van der Waals surface area contributed by atoms with E-state index in [0.29, 0.717) is 5.70 Å². The van der Waals surface area contributed by atoms with Crippen LogP contribution in [0.2, 0.25) is 0 Å². The van der Waals surface area contributed by atoms with Crippen molar-refractivity contribution in [1.29, 1.82) is 0 Å². The SMILES string of the molecule is O=C1C=C[C]=C(N2CCCS2)C1=O. The van der Waals surface area contributed by atoms with Crippen LogP contribution < -0.4 is 0 Å². The van der Waals surface area contributed by atoms with Crippen molar-refractivity contribution in [2.75, 3.05) is 12.3 Å². The summed E-state index contributed by atoms with van der Waals surface area (Å²) in [4.78, 5) is 22.4. The fraction of sp³-hybridized carbons (Fsp3) is 0.333. The van der Waals surface area contributed by atoms with Crippen LogP contribution in [-0.4, -0.2) is 28.2 Å². The lowest BCUT2D eigenvalue weighted by molar-refractivity contribution is -0.132. The molecule has 13 heavy (non-hydrogen) atoms. The summed E-state index contributed by atoms with van der Waals surface area (Å²) in [6.07, 6.45) is 6.64. The van der Waals surface area contributed by atoms with Crippen molar-refractivity contribution in [3.8, 4) is 0 Å². The van der Waals surface area contributed by atoms with E-state index < -0.39 is 11.6 Å². The van der Waals surface area contributed by atoms with E-state index in [0.717, 1.165) is 18.7 Å². The van der Waals surface area contributed by atoms with Crippen molar-refractivity contribution in [1.82, 2.24) is 4.31 Å². The maximum Gasteiger partial charge on any atom is 0.250 e. The minimum atomic E-state index is -0.443. The quantitative estimate of drug-likeness (QED) is 0.350. The molecule has 1 saturated heterocycles. The average molecular weight is 194 g/mol. The molecule has 1 fully saturated rings. The maximum atomic E-state index is 11.4. The Kier molecular flexibility index (Phi) is 2.22. The Morgan fingerprint density at radius 3 is 3.00 bits per heavy atom. The summed E-state index contributed by atoms with van der Waals surface area (Å²) < 4.78 is 1.85. The van der Waals surface area contributed by atoms with Gasteiger partial charge in [0.25, 0.3) is 0 Å². The fourth-order valence-corrected chi connectivity index (χ4v) is 2.26. The van der Waals surface area contributed by atoms with Crippen LogP contribution in [0, 0.1) is 6.08 Å². The van der Waals surface area contributed by atoms with Crippen LogP contribution in [0.1, 0.15) is 6.42 Å². The number of carbonyl (C=O) groups excluding carboxylic acids is 2. The van der Waals surface area contributed by atoms with Crippen molar-refractivity contribution in [2.24, 2.45) is 0 Å². The van der Waals surface area contributed by atoms with Crippen LogP contribution in [0.25, 0.3) is 0 Å². The second kappa shape index (κ2) is 3.38. The molecule has 1 radical (unpaired) electrons. The molecule has 0 unspecified atom stereocenters. The summed E-state index contributed by atoms with van der Waals surface area (Å²) in [6, 6.07) is 0. The molecule has 2 rings (SSSR count). The van der Waals surface area contributed by atoms with Crippen LogP contribution >= 0.6 is 11.9 Å². The Morgan fingerprint density at radius 1 is 1.46 bits per heavy atom. The highest BCUT2D eigenvalue weighted by Gasteiger charge is 2.26. The highest BCUT2D eigenvalue weighted by atomic mass is 32.2. The highest BCUT2D eigenvalue weighted by molar-refractivity contribution is 7.97. The number of Topliss-reactive ketones (excluding diaryl/α,β-unsaturated/α-hetero) is 1. The van der Waals surface area contributed by atoms with Crippen LogP contribution in [0.15, 0.2) is 17.8 Å². The van der Waals surface area contributed by atoms with Gasteiger partial charge in [-0.15, -0.1) is 0 Å². The molecule has 0 aromatic heterocycles. The summed E-state index contributed by atoms with van der Waals surface area (Å²) in [7, 11) is 0. The molecule has 0 bridgehead atoms. The molecule has 1 aliphatic carbocycles. The molecule has 4 heteroatoms. The first-order valence-electron chi connectivity index (χ1n) is 4.08. The monoisotopic (exact) mass is 194 g/mol. The molecule has 2 aliphatic rings. The Morgan fingerprint density at radius 2 is 2.31 bits per heavy atom. The third kappa shape index (κ3) is 1.54. The summed E-state index contributed by atoms with van der Waals surface area (Å²) in [5, 5.41) is 0. The Labute approximate surface area is 80.6 Å². The van der Waals surface area contributed by atoms with Gasteiger partial charge >= 0.3 is 0 Å². The molecule has 1 aliphatic heterocycles. The normalized spacial score (nSPS) is 22.5. The van der Waals surface area contributed by atoms with E-state index in [1.54, 1.807) is 11.9 Å². The Hall–Kier alpha value is -1.03. The van der Waals surface area contributed by atoms with Gasteiger partial charge in [0.1, 0.15) is 5.70 Å². The molecule has 0 aromatic rings. The van der Waals surface area contributed by atoms with Crippen molar-refractivity contribution in [3.05, 3.63) is 23.9 Å². The topological polar surface area (TPSA) is 37.4 Å². The maximum absolute atomic E-state index is 11.4. The van der Waals surface area contributed by atoms with E-state index in [1.165, 1.54) is 12.2 Å². The van der Waals surface area contributed by atoms with Crippen LogP contribution in [0.3, 0.4) is 0 Å². The number of hydrogen-bond acceptors (Lipinski definition) is 4. The molecule has 0 amide bonds. The van der Waals surface area contributed by atoms with E-state index >= 15 is 0 Å². The minimum Gasteiger partial charge on any atom is -0.312 e. The molecule has 67 valence electrons. The van der Waals surface area contributed by atoms with Gasteiger partial charge in [-0.3, -0.25) is 9.59 Å². The first-order valence-corrected chi connectivity index (χ1v) is 5.02. The third-order valence-corrected chi connectivity index (χ3v) is 3.04. The summed E-state index contributed by atoms with van der Waals surface area (Å²) in [5.74, 6) is 0.134. The van der Waals surface area contributed by atoms with E-state index in [9.17, 15) is 9.59 Å². The smallest absolute Gasteiger partial charge is 0.250 e. The van der Waals surface area contributed by atoms with Crippen LogP contribution in [0.5, 0.6) is 0 Å². The van der Waals surface area contributed by atoms with Crippen LogP contribution in [-0.2, 0) is 9.59 Å². The highest BCUT2D eigenvalue weighted by Crippen LogP contribution is 2.26. The van der Waals surface area contributed by atoms with Crippen molar-refractivity contribution in [2.45, 2.75) is 6.42 Å². The van der Waals surface area contributed by atoms with Gasteiger partial charge in [0.2, 0.25) is 11.6 Å². The minimum absolute atomic E-state index is 0.412. The number of hydrogen-bond donors (Lipinski definition) is 0.